The number of aliphatic imine (C=N–C) groups is 1. The first-order valence-electron chi connectivity index (χ1n) is 9.95. The molecule has 2 heterocycles. The first kappa shape index (κ1) is 20.1. The third-order valence-electron chi connectivity index (χ3n) is 4.98. The molecule has 8 nitrogen and oxygen atoms in total. The Labute approximate surface area is 167 Å². The van der Waals surface area contributed by atoms with Crippen LogP contribution in [0.5, 0.6) is 5.75 Å². The van der Waals surface area contributed by atoms with Crippen LogP contribution < -0.4 is 10.1 Å². The Morgan fingerprint density at radius 1 is 1.14 bits per heavy atom. The fraction of sp³-hybridized carbons (Fsp3) is 0.550. The SMILES string of the molecule is CCNC(=NCc1nnc(C)n1C)N1CCN(CCOc2ccccc2)CC1. The lowest BCUT2D eigenvalue weighted by Crippen LogP contribution is -2.53. The molecule has 1 aliphatic rings. The van der Waals surface area contributed by atoms with Crippen LogP contribution in [0.1, 0.15) is 18.6 Å². The second-order valence-corrected chi connectivity index (χ2v) is 6.88. The molecule has 1 aromatic carbocycles. The highest BCUT2D eigenvalue weighted by molar-refractivity contribution is 5.80. The van der Waals surface area contributed by atoms with E-state index in [1.807, 2.05) is 48.9 Å². The first-order valence-corrected chi connectivity index (χ1v) is 9.95. The molecular weight excluding hydrogens is 354 g/mol. The maximum atomic E-state index is 5.82. The van der Waals surface area contributed by atoms with Crippen molar-refractivity contribution in [3.8, 4) is 5.75 Å². The molecule has 3 rings (SSSR count). The van der Waals surface area contributed by atoms with E-state index in [-0.39, 0.29) is 0 Å². The summed E-state index contributed by atoms with van der Waals surface area (Å²) >= 11 is 0. The largest absolute Gasteiger partial charge is 0.492 e. The number of hydrogen-bond acceptors (Lipinski definition) is 5. The van der Waals surface area contributed by atoms with Crippen LogP contribution in [0.25, 0.3) is 0 Å². The smallest absolute Gasteiger partial charge is 0.194 e. The summed E-state index contributed by atoms with van der Waals surface area (Å²) in [5.41, 5.74) is 0. The van der Waals surface area contributed by atoms with E-state index >= 15 is 0 Å². The van der Waals surface area contributed by atoms with Crippen molar-refractivity contribution < 1.29 is 4.74 Å². The van der Waals surface area contributed by atoms with Gasteiger partial charge in [0.25, 0.3) is 0 Å². The molecule has 152 valence electrons. The van der Waals surface area contributed by atoms with E-state index in [1.165, 1.54) is 0 Å². The fourth-order valence-electron chi connectivity index (χ4n) is 3.15. The van der Waals surface area contributed by atoms with Gasteiger partial charge >= 0.3 is 0 Å². The highest BCUT2D eigenvalue weighted by atomic mass is 16.5. The zero-order chi connectivity index (χ0) is 19.8. The van der Waals surface area contributed by atoms with Crippen LogP contribution in [0.15, 0.2) is 35.3 Å². The number of aromatic nitrogens is 3. The van der Waals surface area contributed by atoms with Crippen LogP contribution in [0.4, 0.5) is 0 Å². The number of para-hydroxylation sites is 1. The van der Waals surface area contributed by atoms with Crippen molar-refractivity contribution >= 4 is 5.96 Å². The van der Waals surface area contributed by atoms with Crippen LogP contribution in [0.2, 0.25) is 0 Å². The van der Waals surface area contributed by atoms with Gasteiger partial charge in [-0.05, 0) is 26.0 Å². The molecule has 1 fully saturated rings. The molecule has 1 saturated heterocycles. The van der Waals surface area contributed by atoms with Crippen LogP contribution >= 0.6 is 0 Å². The van der Waals surface area contributed by atoms with Gasteiger partial charge in [-0.25, -0.2) is 4.99 Å². The van der Waals surface area contributed by atoms with Gasteiger partial charge in [0.1, 0.15) is 24.7 Å². The number of piperazine rings is 1. The van der Waals surface area contributed by atoms with E-state index in [0.29, 0.717) is 13.2 Å². The molecule has 0 amide bonds. The summed E-state index contributed by atoms with van der Waals surface area (Å²) in [4.78, 5) is 9.53. The van der Waals surface area contributed by atoms with E-state index in [2.05, 4.69) is 32.2 Å². The molecule has 1 aliphatic heterocycles. The molecule has 0 bridgehead atoms. The molecule has 1 aromatic heterocycles. The molecule has 1 N–H and O–H groups in total. The lowest BCUT2D eigenvalue weighted by molar-refractivity contribution is 0.152. The van der Waals surface area contributed by atoms with Crippen molar-refractivity contribution in [2.24, 2.45) is 12.0 Å². The topological polar surface area (TPSA) is 70.8 Å². The minimum atomic E-state index is 0.533. The van der Waals surface area contributed by atoms with Gasteiger partial charge in [-0.15, -0.1) is 10.2 Å². The average molecular weight is 386 g/mol. The molecule has 0 radical (unpaired) electrons. The Bertz CT molecular complexity index is 751. The zero-order valence-electron chi connectivity index (χ0n) is 17.1. The Kier molecular flexibility index (Phi) is 7.25. The number of ether oxygens (including phenoxy) is 1. The van der Waals surface area contributed by atoms with E-state index < -0.39 is 0 Å². The van der Waals surface area contributed by atoms with Crippen molar-refractivity contribution in [3.05, 3.63) is 42.0 Å². The molecule has 28 heavy (non-hydrogen) atoms. The predicted octanol–water partition coefficient (Wildman–Crippen LogP) is 1.29. The number of guanidine groups is 1. The molecular formula is C20H31N7O. The van der Waals surface area contributed by atoms with Gasteiger partial charge in [0.15, 0.2) is 11.8 Å². The number of benzene rings is 1. The summed E-state index contributed by atoms with van der Waals surface area (Å²) in [7, 11) is 1.98. The number of hydrogen-bond donors (Lipinski definition) is 1. The summed E-state index contributed by atoms with van der Waals surface area (Å²) in [5, 5.41) is 11.7. The van der Waals surface area contributed by atoms with E-state index in [0.717, 1.165) is 62.6 Å². The third kappa shape index (κ3) is 5.45. The number of nitrogens with zero attached hydrogens (tertiary/aromatic N) is 6. The van der Waals surface area contributed by atoms with Crippen LogP contribution in [-0.2, 0) is 13.6 Å². The molecule has 2 aromatic rings. The first-order chi connectivity index (χ1) is 13.7. The lowest BCUT2D eigenvalue weighted by atomic mass is 10.3. The number of rotatable bonds is 7. The van der Waals surface area contributed by atoms with Crippen molar-refractivity contribution in [2.45, 2.75) is 20.4 Å². The molecule has 8 heteroatoms. The molecule has 0 saturated carbocycles. The minimum absolute atomic E-state index is 0.533. The minimum Gasteiger partial charge on any atom is -0.492 e. The van der Waals surface area contributed by atoms with Gasteiger partial charge in [-0.3, -0.25) is 4.90 Å². The molecule has 0 aliphatic carbocycles. The molecule has 0 atom stereocenters. The number of aryl methyl sites for hydroxylation is 1. The molecule has 0 spiro atoms. The second-order valence-electron chi connectivity index (χ2n) is 6.88. The summed E-state index contributed by atoms with van der Waals surface area (Å²) in [5.74, 6) is 3.66. The van der Waals surface area contributed by atoms with Crippen molar-refractivity contribution in [1.29, 1.82) is 0 Å². The summed E-state index contributed by atoms with van der Waals surface area (Å²) < 4.78 is 7.80. The van der Waals surface area contributed by atoms with Crippen LogP contribution in [0.3, 0.4) is 0 Å². The van der Waals surface area contributed by atoms with Gasteiger partial charge in [0, 0.05) is 46.3 Å². The van der Waals surface area contributed by atoms with Crippen LogP contribution in [-0.4, -0.2) is 76.4 Å². The maximum Gasteiger partial charge on any atom is 0.194 e. The van der Waals surface area contributed by atoms with Gasteiger partial charge < -0.3 is 19.5 Å². The van der Waals surface area contributed by atoms with E-state index in [1.54, 1.807) is 0 Å². The van der Waals surface area contributed by atoms with Gasteiger partial charge in [-0.2, -0.15) is 0 Å². The maximum absolute atomic E-state index is 5.82. The summed E-state index contributed by atoms with van der Waals surface area (Å²) in [6.07, 6.45) is 0. The Hall–Kier alpha value is -2.61. The van der Waals surface area contributed by atoms with E-state index in [4.69, 9.17) is 9.73 Å². The van der Waals surface area contributed by atoms with Gasteiger partial charge in [-0.1, -0.05) is 18.2 Å². The van der Waals surface area contributed by atoms with E-state index in [9.17, 15) is 0 Å². The lowest BCUT2D eigenvalue weighted by Gasteiger charge is -2.36. The van der Waals surface area contributed by atoms with Gasteiger partial charge in [0.05, 0.1) is 0 Å². The Morgan fingerprint density at radius 2 is 1.89 bits per heavy atom. The highest BCUT2D eigenvalue weighted by Crippen LogP contribution is 2.09. The third-order valence-corrected chi connectivity index (χ3v) is 4.98. The van der Waals surface area contributed by atoms with Crippen molar-refractivity contribution in [3.63, 3.8) is 0 Å². The average Bonchev–Trinajstić information content (AvgIpc) is 3.05. The normalized spacial score (nSPS) is 15.7. The Balaban J connectivity index is 1.47. The van der Waals surface area contributed by atoms with Crippen molar-refractivity contribution in [2.75, 3.05) is 45.9 Å². The summed E-state index contributed by atoms with van der Waals surface area (Å²) in [6, 6.07) is 9.99. The predicted molar refractivity (Wildman–Crippen MR) is 111 cm³/mol. The van der Waals surface area contributed by atoms with Crippen molar-refractivity contribution in [1.82, 2.24) is 29.9 Å². The number of nitrogens with one attached hydrogen (secondary N) is 1. The second kappa shape index (κ2) is 10.1. The summed E-state index contributed by atoms with van der Waals surface area (Å²) in [6.45, 7) is 11.0. The van der Waals surface area contributed by atoms with Crippen LogP contribution in [0, 0.1) is 6.92 Å². The quantitative estimate of drug-likeness (QED) is 0.572. The fourth-order valence-corrected chi connectivity index (χ4v) is 3.15. The highest BCUT2D eigenvalue weighted by Gasteiger charge is 2.19. The zero-order valence-corrected chi connectivity index (χ0v) is 17.1. The standard InChI is InChI=1S/C20H31N7O/c1-4-21-20(22-16-19-24-23-17(2)25(19)3)27-12-10-26(11-13-27)14-15-28-18-8-6-5-7-9-18/h5-9H,4,10-16H2,1-3H3,(H,21,22). The Morgan fingerprint density at radius 3 is 2.54 bits per heavy atom. The molecule has 0 unspecified atom stereocenters. The van der Waals surface area contributed by atoms with Gasteiger partial charge in [0.2, 0.25) is 0 Å². The monoisotopic (exact) mass is 385 g/mol.